The van der Waals surface area contributed by atoms with Crippen molar-refractivity contribution in [1.29, 1.82) is 0 Å². The fourth-order valence-corrected chi connectivity index (χ4v) is 5.21. The van der Waals surface area contributed by atoms with Crippen molar-refractivity contribution in [3.63, 3.8) is 0 Å². The maximum absolute atomic E-state index is 13.9. The van der Waals surface area contributed by atoms with Crippen LogP contribution in [0.2, 0.25) is 0 Å². The molecule has 0 saturated heterocycles. The molecule has 0 spiro atoms. The van der Waals surface area contributed by atoms with Gasteiger partial charge in [-0.15, -0.1) is 0 Å². The highest BCUT2D eigenvalue weighted by Gasteiger charge is 2.40. The monoisotopic (exact) mass is 504 g/mol. The van der Waals surface area contributed by atoms with Crippen molar-refractivity contribution < 1.29 is 19.5 Å². The van der Waals surface area contributed by atoms with Gasteiger partial charge in [-0.1, -0.05) is 62.6 Å². The van der Waals surface area contributed by atoms with E-state index in [0.717, 1.165) is 37.7 Å². The summed E-state index contributed by atoms with van der Waals surface area (Å²) in [6, 6.07) is 13.7. The van der Waals surface area contributed by atoms with Crippen LogP contribution in [0.3, 0.4) is 0 Å². The summed E-state index contributed by atoms with van der Waals surface area (Å²) in [6.07, 6.45) is 5.65. The topological polar surface area (TPSA) is 111 Å². The Balaban J connectivity index is 1.75. The standard InChI is InChI=1S/C29H36N4O4/c1-4-21(18-12-7-5-8-13-18)30-25-24(27(35)23(32-28(25)36)19-14-9-6-10-15-19)31-22-17-11-16-20(26(22)34)29(37)33(2)3/h5,7-8,11-13,16-17,19,21,23,30-31,34H,4,6,9-10,14-15H2,1-3H3,(H,32,36). The normalized spacial score (nSPS) is 19.3. The fraction of sp³-hybridized carbons (Fsp3) is 0.414. The molecular weight excluding hydrogens is 468 g/mol. The fourth-order valence-electron chi connectivity index (χ4n) is 5.21. The molecule has 0 radical (unpaired) electrons. The van der Waals surface area contributed by atoms with Crippen molar-refractivity contribution in [2.75, 3.05) is 19.4 Å². The number of phenolic OH excluding ortho intramolecular Hbond substituents is 1. The van der Waals surface area contributed by atoms with Gasteiger partial charge in [-0.05, 0) is 42.9 Å². The average molecular weight is 505 g/mol. The first-order valence-corrected chi connectivity index (χ1v) is 13.0. The molecule has 1 saturated carbocycles. The molecule has 1 aliphatic heterocycles. The van der Waals surface area contributed by atoms with Gasteiger partial charge >= 0.3 is 0 Å². The zero-order valence-electron chi connectivity index (χ0n) is 21.7. The molecule has 196 valence electrons. The summed E-state index contributed by atoms with van der Waals surface area (Å²) in [5, 5.41) is 20.3. The minimum atomic E-state index is -0.633. The van der Waals surface area contributed by atoms with E-state index in [2.05, 4.69) is 16.0 Å². The highest BCUT2D eigenvalue weighted by atomic mass is 16.3. The molecule has 2 unspecified atom stereocenters. The van der Waals surface area contributed by atoms with Crippen molar-refractivity contribution in [2.45, 2.75) is 57.5 Å². The van der Waals surface area contributed by atoms with Crippen molar-refractivity contribution in [3.05, 3.63) is 71.1 Å². The Morgan fingerprint density at radius 1 is 1.03 bits per heavy atom. The van der Waals surface area contributed by atoms with E-state index >= 15 is 0 Å². The van der Waals surface area contributed by atoms with Gasteiger partial charge in [-0.3, -0.25) is 14.4 Å². The SMILES string of the molecule is CCC(NC1=C(Nc2cccc(C(=O)N(C)C)c2O)C(=O)C(C2CCCCC2)NC1=O)c1ccccc1. The molecule has 2 aliphatic rings. The third-order valence-corrected chi connectivity index (χ3v) is 7.27. The van der Waals surface area contributed by atoms with E-state index < -0.39 is 6.04 Å². The summed E-state index contributed by atoms with van der Waals surface area (Å²) in [6.45, 7) is 2.01. The van der Waals surface area contributed by atoms with E-state index in [-0.39, 0.29) is 58.0 Å². The number of hydrogen-bond acceptors (Lipinski definition) is 6. The number of aromatic hydroxyl groups is 1. The van der Waals surface area contributed by atoms with E-state index in [4.69, 9.17) is 0 Å². The van der Waals surface area contributed by atoms with Crippen LogP contribution >= 0.6 is 0 Å². The second-order valence-corrected chi connectivity index (χ2v) is 10.0. The number of benzene rings is 2. The molecule has 2 aromatic rings. The predicted molar refractivity (Wildman–Crippen MR) is 143 cm³/mol. The number of carbonyl (C=O) groups is 3. The van der Waals surface area contributed by atoms with Gasteiger partial charge in [-0.2, -0.15) is 0 Å². The van der Waals surface area contributed by atoms with Crippen LogP contribution in [0, 0.1) is 5.92 Å². The molecular formula is C29H36N4O4. The second kappa shape index (κ2) is 11.5. The highest BCUT2D eigenvalue weighted by molar-refractivity contribution is 6.14. The first-order valence-electron chi connectivity index (χ1n) is 13.0. The van der Waals surface area contributed by atoms with Crippen LogP contribution in [-0.4, -0.2) is 47.7 Å². The Morgan fingerprint density at radius 3 is 2.38 bits per heavy atom. The summed E-state index contributed by atoms with van der Waals surface area (Å²) < 4.78 is 0. The molecule has 2 aromatic carbocycles. The van der Waals surface area contributed by atoms with E-state index in [0.29, 0.717) is 6.42 Å². The lowest BCUT2D eigenvalue weighted by Gasteiger charge is -2.35. The minimum absolute atomic E-state index is 0.0647. The summed E-state index contributed by atoms with van der Waals surface area (Å²) in [7, 11) is 3.20. The highest BCUT2D eigenvalue weighted by Crippen LogP contribution is 2.34. The number of hydrogen-bond donors (Lipinski definition) is 4. The van der Waals surface area contributed by atoms with Gasteiger partial charge in [0, 0.05) is 14.1 Å². The summed E-state index contributed by atoms with van der Waals surface area (Å²) in [5.41, 5.74) is 1.54. The van der Waals surface area contributed by atoms with Crippen LogP contribution in [-0.2, 0) is 9.59 Å². The van der Waals surface area contributed by atoms with Crippen molar-refractivity contribution in [1.82, 2.24) is 15.5 Å². The predicted octanol–water partition coefficient (Wildman–Crippen LogP) is 4.11. The summed E-state index contributed by atoms with van der Waals surface area (Å²) in [4.78, 5) is 41.3. The molecule has 8 heteroatoms. The number of anilines is 1. The lowest BCUT2D eigenvalue weighted by Crippen LogP contribution is -2.54. The first-order chi connectivity index (χ1) is 17.8. The quantitative estimate of drug-likeness (QED) is 0.403. The van der Waals surface area contributed by atoms with Gasteiger partial charge in [0.25, 0.3) is 11.8 Å². The zero-order chi connectivity index (χ0) is 26.5. The van der Waals surface area contributed by atoms with Crippen molar-refractivity contribution >= 4 is 23.3 Å². The van der Waals surface area contributed by atoms with Gasteiger partial charge in [0.1, 0.15) is 11.4 Å². The number of nitrogens with zero attached hydrogens (tertiary/aromatic N) is 1. The lowest BCUT2D eigenvalue weighted by molar-refractivity contribution is -0.127. The van der Waals surface area contributed by atoms with E-state index in [1.807, 2.05) is 37.3 Å². The maximum Gasteiger partial charge on any atom is 0.270 e. The number of nitrogens with one attached hydrogen (secondary N) is 3. The molecule has 2 amide bonds. The number of carbonyl (C=O) groups excluding carboxylic acids is 3. The Kier molecular flexibility index (Phi) is 8.16. The van der Waals surface area contributed by atoms with E-state index in [1.165, 1.54) is 11.0 Å². The summed E-state index contributed by atoms with van der Waals surface area (Å²) in [5.74, 6) is -1.14. The van der Waals surface area contributed by atoms with E-state index in [9.17, 15) is 19.5 Å². The van der Waals surface area contributed by atoms with Crippen LogP contribution in [0.4, 0.5) is 5.69 Å². The molecule has 37 heavy (non-hydrogen) atoms. The molecule has 8 nitrogen and oxygen atoms in total. The van der Waals surface area contributed by atoms with Gasteiger partial charge < -0.3 is 26.0 Å². The van der Waals surface area contributed by atoms with Crippen LogP contribution in [0.15, 0.2) is 59.9 Å². The minimum Gasteiger partial charge on any atom is -0.505 e. The first kappa shape index (κ1) is 26.3. The molecule has 0 bridgehead atoms. The third-order valence-electron chi connectivity index (χ3n) is 7.27. The Hall–Kier alpha value is -3.81. The zero-order valence-corrected chi connectivity index (χ0v) is 21.7. The average Bonchev–Trinajstić information content (AvgIpc) is 2.91. The molecule has 1 heterocycles. The molecule has 4 N–H and O–H groups in total. The van der Waals surface area contributed by atoms with Gasteiger partial charge in [0.05, 0.1) is 23.3 Å². The number of Topliss-reactive ketones (excluding diaryl/α,β-unsaturated/α-hetero) is 1. The Labute approximate surface area is 218 Å². The van der Waals surface area contributed by atoms with Crippen LogP contribution < -0.4 is 16.0 Å². The second-order valence-electron chi connectivity index (χ2n) is 10.0. The smallest absolute Gasteiger partial charge is 0.270 e. The molecule has 1 fully saturated rings. The molecule has 1 aliphatic carbocycles. The number of ketones is 1. The number of amides is 2. The van der Waals surface area contributed by atoms with Gasteiger partial charge in [-0.25, -0.2) is 0 Å². The number of phenols is 1. The van der Waals surface area contributed by atoms with Crippen LogP contribution in [0.5, 0.6) is 5.75 Å². The Bertz CT molecular complexity index is 1190. The van der Waals surface area contributed by atoms with Gasteiger partial charge in [0.2, 0.25) is 5.78 Å². The molecule has 2 atom stereocenters. The largest absolute Gasteiger partial charge is 0.505 e. The third kappa shape index (κ3) is 5.63. The molecule has 4 rings (SSSR count). The van der Waals surface area contributed by atoms with Gasteiger partial charge in [0.15, 0.2) is 5.75 Å². The molecule has 0 aromatic heterocycles. The van der Waals surface area contributed by atoms with Crippen molar-refractivity contribution in [2.24, 2.45) is 5.92 Å². The van der Waals surface area contributed by atoms with Crippen LogP contribution in [0.25, 0.3) is 0 Å². The Morgan fingerprint density at radius 2 is 1.73 bits per heavy atom. The lowest BCUT2D eigenvalue weighted by atomic mass is 9.80. The van der Waals surface area contributed by atoms with E-state index in [1.54, 1.807) is 26.2 Å². The van der Waals surface area contributed by atoms with Crippen LogP contribution in [0.1, 0.15) is 67.4 Å². The number of rotatable bonds is 8. The number of para-hydroxylation sites is 1. The van der Waals surface area contributed by atoms with Crippen molar-refractivity contribution in [3.8, 4) is 5.75 Å². The maximum atomic E-state index is 13.9. The summed E-state index contributed by atoms with van der Waals surface area (Å²) >= 11 is 0.